The van der Waals surface area contributed by atoms with E-state index < -0.39 is 0 Å². The van der Waals surface area contributed by atoms with Crippen LogP contribution in [0, 0.1) is 5.92 Å². The highest BCUT2D eigenvalue weighted by atomic mass is 16.5. The lowest BCUT2D eigenvalue weighted by molar-refractivity contribution is -0.123. The number of carbonyl (C=O) groups is 2. The summed E-state index contributed by atoms with van der Waals surface area (Å²) in [6, 6.07) is 4.89. The fourth-order valence-corrected chi connectivity index (χ4v) is 3.53. The molecule has 2 heterocycles. The summed E-state index contributed by atoms with van der Waals surface area (Å²) in [6.45, 7) is 2.14. The molecular weight excluding hydrogens is 298 g/mol. The van der Waals surface area contributed by atoms with E-state index in [9.17, 15) is 9.59 Å². The third-order valence-electron chi connectivity index (χ3n) is 4.63. The number of hydrogen-bond acceptors (Lipinski definition) is 5. The first-order chi connectivity index (χ1) is 11.1. The van der Waals surface area contributed by atoms with Crippen molar-refractivity contribution in [1.82, 2.24) is 26.0 Å². The summed E-state index contributed by atoms with van der Waals surface area (Å²) < 4.78 is 5.64. The maximum Gasteiger partial charge on any atom is 0.251 e. The summed E-state index contributed by atoms with van der Waals surface area (Å²) in [4.78, 5) is 23.9. The van der Waals surface area contributed by atoms with Crippen molar-refractivity contribution in [2.75, 3.05) is 6.61 Å². The molecule has 1 aliphatic carbocycles. The largest absolute Gasteiger partial charge is 0.376 e. The number of carbonyl (C=O) groups excluding carboxylic acids is 2. The van der Waals surface area contributed by atoms with Crippen molar-refractivity contribution >= 4 is 22.8 Å². The Morgan fingerprint density at radius 3 is 2.87 bits per heavy atom. The minimum Gasteiger partial charge on any atom is -0.376 e. The van der Waals surface area contributed by atoms with E-state index >= 15 is 0 Å². The number of aromatic amines is 1. The summed E-state index contributed by atoms with van der Waals surface area (Å²) in [5.74, 6) is -0.0422. The number of rotatable bonds is 3. The minimum atomic E-state index is -0.180. The molecule has 0 radical (unpaired) electrons. The Balaban J connectivity index is 1.51. The van der Waals surface area contributed by atoms with Gasteiger partial charge >= 0.3 is 0 Å². The van der Waals surface area contributed by atoms with Crippen LogP contribution in [0.2, 0.25) is 0 Å². The zero-order valence-electron chi connectivity index (χ0n) is 12.6. The van der Waals surface area contributed by atoms with Crippen molar-refractivity contribution in [3.05, 3.63) is 23.8 Å². The lowest BCUT2D eigenvalue weighted by atomic mass is 9.71. The Morgan fingerprint density at radius 1 is 1.22 bits per heavy atom. The molecule has 2 aliphatic rings. The predicted molar refractivity (Wildman–Crippen MR) is 80.6 cm³/mol. The Labute approximate surface area is 132 Å². The number of H-pyrrole nitrogens is 1. The number of benzene rings is 1. The van der Waals surface area contributed by atoms with Crippen LogP contribution in [0.3, 0.4) is 0 Å². The topological polar surface area (TPSA) is 109 Å². The minimum absolute atomic E-state index is 0.00206. The molecule has 0 bridgehead atoms. The fourth-order valence-electron chi connectivity index (χ4n) is 3.53. The summed E-state index contributed by atoms with van der Waals surface area (Å²) in [6.07, 6.45) is 0.899. The Bertz CT molecular complexity index is 773. The van der Waals surface area contributed by atoms with Crippen LogP contribution < -0.4 is 10.6 Å². The van der Waals surface area contributed by atoms with Crippen LogP contribution in [0.25, 0.3) is 11.0 Å². The second kappa shape index (κ2) is 5.31. The highest BCUT2D eigenvalue weighted by Gasteiger charge is 2.54. The summed E-state index contributed by atoms with van der Waals surface area (Å²) in [7, 11) is 0. The van der Waals surface area contributed by atoms with Crippen LogP contribution >= 0.6 is 0 Å². The van der Waals surface area contributed by atoms with E-state index in [1.165, 1.54) is 6.92 Å². The van der Waals surface area contributed by atoms with Crippen molar-refractivity contribution in [3.8, 4) is 0 Å². The van der Waals surface area contributed by atoms with E-state index in [1.807, 2.05) is 0 Å². The maximum atomic E-state index is 12.5. The van der Waals surface area contributed by atoms with E-state index in [-0.39, 0.29) is 35.9 Å². The van der Waals surface area contributed by atoms with Crippen LogP contribution in [0.15, 0.2) is 18.2 Å². The first-order valence-electron chi connectivity index (χ1n) is 7.63. The first kappa shape index (κ1) is 14.1. The molecule has 2 aromatic rings. The molecule has 1 aromatic heterocycles. The quantitative estimate of drug-likeness (QED) is 0.737. The molecule has 1 aliphatic heterocycles. The van der Waals surface area contributed by atoms with Crippen LogP contribution in [0.1, 0.15) is 23.7 Å². The molecule has 4 atom stereocenters. The lowest BCUT2D eigenvalue weighted by Crippen LogP contribution is -2.70. The van der Waals surface area contributed by atoms with E-state index in [1.54, 1.807) is 18.2 Å². The van der Waals surface area contributed by atoms with Crippen molar-refractivity contribution in [2.24, 2.45) is 5.92 Å². The molecule has 120 valence electrons. The van der Waals surface area contributed by atoms with Gasteiger partial charge in [-0.1, -0.05) is 0 Å². The highest BCUT2D eigenvalue weighted by Crippen LogP contribution is 2.39. The van der Waals surface area contributed by atoms with Gasteiger partial charge in [0.05, 0.1) is 18.2 Å². The van der Waals surface area contributed by atoms with Gasteiger partial charge in [-0.15, -0.1) is 0 Å². The van der Waals surface area contributed by atoms with E-state index in [0.29, 0.717) is 23.2 Å². The zero-order valence-corrected chi connectivity index (χ0v) is 12.6. The third kappa shape index (κ3) is 2.35. The molecule has 4 rings (SSSR count). The average Bonchev–Trinajstić information content (AvgIpc) is 3.16. The van der Waals surface area contributed by atoms with Crippen molar-refractivity contribution < 1.29 is 14.3 Å². The summed E-state index contributed by atoms with van der Waals surface area (Å²) in [5, 5.41) is 16.4. The normalized spacial score (nSPS) is 28.9. The predicted octanol–water partition coefficient (Wildman–Crippen LogP) is -0.0203. The van der Waals surface area contributed by atoms with Gasteiger partial charge in [0, 0.05) is 25.0 Å². The summed E-state index contributed by atoms with van der Waals surface area (Å²) in [5.41, 5.74) is 1.88. The van der Waals surface area contributed by atoms with Gasteiger partial charge in [-0.05, 0) is 24.6 Å². The van der Waals surface area contributed by atoms with E-state index in [2.05, 4.69) is 26.0 Å². The number of amides is 2. The third-order valence-corrected chi connectivity index (χ3v) is 4.63. The van der Waals surface area contributed by atoms with Crippen molar-refractivity contribution in [1.29, 1.82) is 0 Å². The van der Waals surface area contributed by atoms with Gasteiger partial charge in [-0.3, -0.25) is 9.59 Å². The Hall–Kier alpha value is -2.48. The zero-order chi connectivity index (χ0) is 16.0. The molecular formula is C15H17N5O3. The fraction of sp³-hybridized carbons (Fsp3) is 0.467. The van der Waals surface area contributed by atoms with Gasteiger partial charge in [-0.2, -0.15) is 15.4 Å². The number of hydrogen-bond donors (Lipinski definition) is 3. The molecule has 2 amide bonds. The van der Waals surface area contributed by atoms with Crippen LogP contribution in [-0.4, -0.2) is 52.0 Å². The maximum absolute atomic E-state index is 12.5. The molecule has 8 nitrogen and oxygen atoms in total. The number of ether oxygens (including phenoxy) is 1. The van der Waals surface area contributed by atoms with Crippen molar-refractivity contribution in [2.45, 2.75) is 31.5 Å². The standard InChI is InChI=1S/C15H17N5O3/c1-7(21)16-13-12(9-4-5-23-14(9)13)17-15(22)8-2-3-10-11(6-8)19-20-18-10/h2-3,6,9,12-14H,4-5H2,1H3,(H,16,21)(H,17,22)(H,18,19,20)/t9-,12+,13-,14-/m1/s1. The van der Waals surface area contributed by atoms with Gasteiger partial charge in [0.2, 0.25) is 5.91 Å². The monoisotopic (exact) mass is 315 g/mol. The van der Waals surface area contributed by atoms with Gasteiger partial charge in [-0.25, -0.2) is 0 Å². The smallest absolute Gasteiger partial charge is 0.251 e. The first-order valence-corrected chi connectivity index (χ1v) is 7.63. The molecule has 23 heavy (non-hydrogen) atoms. The van der Waals surface area contributed by atoms with Crippen LogP contribution in [0.5, 0.6) is 0 Å². The molecule has 1 saturated heterocycles. The molecule has 1 saturated carbocycles. The lowest BCUT2D eigenvalue weighted by Gasteiger charge is -2.47. The summed E-state index contributed by atoms with van der Waals surface area (Å²) >= 11 is 0. The van der Waals surface area contributed by atoms with E-state index in [0.717, 1.165) is 6.42 Å². The second-order valence-corrected chi connectivity index (χ2v) is 6.04. The van der Waals surface area contributed by atoms with Gasteiger partial charge in [0.15, 0.2) is 0 Å². The highest BCUT2D eigenvalue weighted by molar-refractivity contribution is 5.97. The Morgan fingerprint density at radius 2 is 2.04 bits per heavy atom. The van der Waals surface area contributed by atoms with Gasteiger partial charge < -0.3 is 15.4 Å². The van der Waals surface area contributed by atoms with Gasteiger partial charge in [0.25, 0.3) is 5.91 Å². The molecule has 1 aromatic carbocycles. The Kier molecular flexibility index (Phi) is 3.26. The number of nitrogens with zero attached hydrogens (tertiary/aromatic N) is 2. The van der Waals surface area contributed by atoms with Crippen molar-refractivity contribution in [3.63, 3.8) is 0 Å². The van der Waals surface area contributed by atoms with Gasteiger partial charge in [0.1, 0.15) is 11.0 Å². The molecule has 0 spiro atoms. The second-order valence-electron chi connectivity index (χ2n) is 6.04. The molecule has 2 fully saturated rings. The molecule has 8 heteroatoms. The molecule has 0 unspecified atom stereocenters. The van der Waals surface area contributed by atoms with E-state index in [4.69, 9.17) is 4.74 Å². The van der Waals surface area contributed by atoms with Crippen LogP contribution in [-0.2, 0) is 9.53 Å². The molecule has 3 N–H and O–H groups in total. The number of aromatic nitrogens is 3. The number of fused-ring (bicyclic) bond motifs is 2. The number of nitrogens with one attached hydrogen (secondary N) is 3. The average molecular weight is 315 g/mol. The SMILES string of the molecule is CC(=O)N[C@@H]1[C@@H](NC(=O)c2ccc3n[nH]nc3c2)[C@H]2CCO[C@H]21. The van der Waals surface area contributed by atoms with Crippen LogP contribution in [0.4, 0.5) is 0 Å².